The first-order chi connectivity index (χ1) is 7.97. The number of anilines is 1. The van der Waals surface area contributed by atoms with Crippen LogP contribution in [-0.2, 0) is 6.18 Å². The van der Waals surface area contributed by atoms with Gasteiger partial charge in [-0.2, -0.15) is 13.2 Å². The largest absolute Gasteiger partial charge is 0.433 e. The highest BCUT2D eigenvalue weighted by atomic mass is 19.4. The van der Waals surface area contributed by atoms with Gasteiger partial charge in [-0.1, -0.05) is 0 Å². The lowest BCUT2D eigenvalue weighted by Gasteiger charge is -2.28. The number of piperidine rings is 1. The highest BCUT2D eigenvalue weighted by Gasteiger charge is 2.33. The van der Waals surface area contributed by atoms with E-state index in [0.717, 1.165) is 25.1 Å². The molecule has 1 saturated heterocycles. The van der Waals surface area contributed by atoms with Gasteiger partial charge in [0.05, 0.1) is 6.04 Å². The van der Waals surface area contributed by atoms with E-state index in [4.69, 9.17) is 0 Å². The van der Waals surface area contributed by atoms with E-state index in [2.05, 4.69) is 15.7 Å². The maximum atomic E-state index is 12.5. The van der Waals surface area contributed by atoms with Gasteiger partial charge in [-0.15, -0.1) is 0 Å². The highest BCUT2D eigenvalue weighted by Crippen LogP contribution is 2.28. The first-order valence-electron chi connectivity index (χ1n) is 5.45. The van der Waals surface area contributed by atoms with Crippen molar-refractivity contribution in [3.63, 3.8) is 0 Å². The number of alkyl halides is 3. The molecular weight excluding hydrogens is 233 g/mol. The molecule has 1 aromatic heterocycles. The van der Waals surface area contributed by atoms with Crippen LogP contribution in [0.3, 0.4) is 0 Å². The second kappa shape index (κ2) is 4.48. The Balaban J connectivity index is 2.16. The lowest BCUT2D eigenvalue weighted by atomic mass is 10.1. The summed E-state index contributed by atoms with van der Waals surface area (Å²) in [4.78, 5) is 9.23. The number of halogens is 3. The van der Waals surface area contributed by atoms with Crippen LogP contribution in [0.1, 0.15) is 18.5 Å². The van der Waals surface area contributed by atoms with Crippen LogP contribution in [0.2, 0.25) is 0 Å². The first kappa shape index (κ1) is 12.1. The molecule has 1 fully saturated rings. The summed E-state index contributed by atoms with van der Waals surface area (Å²) in [6, 6.07) is 1.26. The maximum absolute atomic E-state index is 12.5. The van der Waals surface area contributed by atoms with Gasteiger partial charge in [0.1, 0.15) is 5.69 Å². The van der Waals surface area contributed by atoms with Gasteiger partial charge in [0.15, 0.2) is 0 Å². The van der Waals surface area contributed by atoms with Crippen LogP contribution >= 0.6 is 0 Å². The number of hydrogen-bond acceptors (Lipinski definition) is 3. The third-order valence-corrected chi connectivity index (χ3v) is 2.83. The summed E-state index contributed by atoms with van der Waals surface area (Å²) in [5.74, 6) is 0.159. The number of quaternary nitrogens is 1. The lowest BCUT2D eigenvalue weighted by molar-refractivity contribution is -0.423. The van der Waals surface area contributed by atoms with E-state index >= 15 is 0 Å². The van der Waals surface area contributed by atoms with Crippen LogP contribution in [0.15, 0.2) is 12.3 Å². The average molecular weight is 247 g/mol. The number of aromatic nitrogens is 2. The monoisotopic (exact) mass is 247 g/mol. The van der Waals surface area contributed by atoms with Gasteiger partial charge in [0.2, 0.25) is 5.95 Å². The molecule has 0 atom stereocenters. The molecule has 7 heteroatoms. The SMILES string of the molecule is [NH3+]C1CCN(c2nccc(C(F)(F)F)n2)CC1. The van der Waals surface area contributed by atoms with Crippen molar-refractivity contribution in [1.29, 1.82) is 0 Å². The van der Waals surface area contributed by atoms with E-state index < -0.39 is 11.9 Å². The van der Waals surface area contributed by atoms with Crippen molar-refractivity contribution in [2.75, 3.05) is 18.0 Å². The van der Waals surface area contributed by atoms with E-state index in [-0.39, 0.29) is 5.95 Å². The Morgan fingerprint density at radius 3 is 2.53 bits per heavy atom. The second-order valence-corrected chi connectivity index (χ2v) is 4.17. The summed E-state index contributed by atoms with van der Waals surface area (Å²) in [6.07, 6.45) is -1.54. The molecule has 0 spiro atoms. The molecule has 0 radical (unpaired) electrons. The van der Waals surface area contributed by atoms with E-state index in [1.165, 1.54) is 0 Å². The Morgan fingerprint density at radius 2 is 1.94 bits per heavy atom. The maximum Gasteiger partial charge on any atom is 0.433 e. The minimum absolute atomic E-state index is 0.159. The number of rotatable bonds is 1. The molecule has 94 valence electrons. The molecule has 0 aliphatic carbocycles. The van der Waals surface area contributed by atoms with Crippen molar-refractivity contribution in [3.8, 4) is 0 Å². The molecule has 1 aliphatic heterocycles. The molecule has 0 amide bonds. The molecule has 1 aromatic rings. The van der Waals surface area contributed by atoms with Gasteiger partial charge in [-0.05, 0) is 6.07 Å². The van der Waals surface area contributed by atoms with Crippen molar-refractivity contribution in [1.82, 2.24) is 9.97 Å². The summed E-state index contributed by atoms with van der Waals surface area (Å²) in [5.41, 5.74) is 3.05. The van der Waals surface area contributed by atoms with Crippen molar-refractivity contribution in [2.24, 2.45) is 0 Å². The Bertz CT molecular complexity index is 385. The molecule has 2 heterocycles. The molecule has 17 heavy (non-hydrogen) atoms. The van der Waals surface area contributed by atoms with Crippen molar-refractivity contribution >= 4 is 5.95 Å². The molecular formula is C10H14F3N4+. The summed E-state index contributed by atoms with van der Waals surface area (Å²) < 4.78 is 37.4. The molecule has 0 saturated carbocycles. The quantitative estimate of drug-likeness (QED) is 0.795. The van der Waals surface area contributed by atoms with Crippen molar-refractivity contribution in [2.45, 2.75) is 25.1 Å². The van der Waals surface area contributed by atoms with Gasteiger partial charge in [0, 0.05) is 32.1 Å². The van der Waals surface area contributed by atoms with E-state index in [0.29, 0.717) is 19.1 Å². The zero-order valence-electron chi connectivity index (χ0n) is 9.24. The summed E-state index contributed by atoms with van der Waals surface area (Å²) >= 11 is 0. The molecule has 0 bridgehead atoms. The summed E-state index contributed by atoms with van der Waals surface area (Å²) in [5, 5.41) is 0. The minimum Gasteiger partial charge on any atom is -0.355 e. The fourth-order valence-electron chi connectivity index (χ4n) is 1.79. The van der Waals surface area contributed by atoms with Crippen LogP contribution in [0.5, 0.6) is 0 Å². The number of nitrogens with zero attached hydrogens (tertiary/aromatic N) is 3. The lowest BCUT2D eigenvalue weighted by Crippen LogP contribution is -2.64. The van der Waals surface area contributed by atoms with Gasteiger partial charge in [0.25, 0.3) is 0 Å². The molecule has 4 nitrogen and oxygen atoms in total. The minimum atomic E-state index is -4.41. The fourth-order valence-corrected chi connectivity index (χ4v) is 1.79. The fraction of sp³-hybridized carbons (Fsp3) is 0.600. The molecule has 0 aromatic carbocycles. The smallest absolute Gasteiger partial charge is 0.355 e. The van der Waals surface area contributed by atoms with Crippen molar-refractivity contribution < 1.29 is 18.9 Å². The average Bonchev–Trinajstić information content (AvgIpc) is 2.29. The normalized spacial score (nSPS) is 18.5. The van der Waals surface area contributed by atoms with Crippen LogP contribution in [0.25, 0.3) is 0 Å². The third-order valence-electron chi connectivity index (χ3n) is 2.83. The summed E-state index contributed by atoms with van der Waals surface area (Å²) in [7, 11) is 0. The number of hydrogen-bond donors (Lipinski definition) is 1. The van der Waals surface area contributed by atoms with E-state index in [9.17, 15) is 13.2 Å². The van der Waals surface area contributed by atoms with Crippen molar-refractivity contribution in [3.05, 3.63) is 18.0 Å². The van der Waals surface area contributed by atoms with Crippen LogP contribution in [0.4, 0.5) is 19.1 Å². The molecule has 3 N–H and O–H groups in total. The third kappa shape index (κ3) is 2.85. The van der Waals surface area contributed by atoms with E-state index in [1.807, 2.05) is 0 Å². The Kier molecular flexibility index (Phi) is 3.19. The molecule has 0 unspecified atom stereocenters. The van der Waals surface area contributed by atoms with E-state index in [1.54, 1.807) is 4.90 Å². The van der Waals surface area contributed by atoms with Gasteiger partial charge in [-0.25, -0.2) is 9.97 Å². The van der Waals surface area contributed by atoms with Gasteiger partial charge < -0.3 is 10.6 Å². The Morgan fingerprint density at radius 1 is 1.29 bits per heavy atom. The van der Waals surface area contributed by atoms with Crippen LogP contribution < -0.4 is 10.6 Å². The predicted octanol–water partition coefficient (Wildman–Crippen LogP) is 0.706. The van der Waals surface area contributed by atoms with Crippen LogP contribution in [-0.4, -0.2) is 29.1 Å². The summed E-state index contributed by atoms with van der Waals surface area (Å²) in [6.45, 7) is 1.32. The topological polar surface area (TPSA) is 56.7 Å². The Hall–Kier alpha value is -1.37. The van der Waals surface area contributed by atoms with Crippen LogP contribution in [0, 0.1) is 0 Å². The Labute approximate surface area is 96.7 Å². The molecule has 2 rings (SSSR count). The van der Waals surface area contributed by atoms with Gasteiger partial charge in [-0.3, -0.25) is 0 Å². The standard InChI is InChI=1S/C10H13F3N4/c11-10(12,13)8-1-4-15-9(16-8)17-5-2-7(14)3-6-17/h1,4,7H,2-3,5-6,14H2/p+1. The highest BCUT2D eigenvalue weighted by molar-refractivity contribution is 5.31. The molecule has 1 aliphatic rings. The zero-order chi connectivity index (χ0) is 12.5. The second-order valence-electron chi connectivity index (χ2n) is 4.17. The first-order valence-corrected chi connectivity index (χ1v) is 5.45. The predicted molar refractivity (Wildman–Crippen MR) is 55.2 cm³/mol. The van der Waals surface area contributed by atoms with Gasteiger partial charge >= 0.3 is 6.18 Å². The zero-order valence-corrected chi connectivity index (χ0v) is 9.24.